The van der Waals surface area contributed by atoms with Crippen LogP contribution in [0.5, 0.6) is 11.5 Å². The van der Waals surface area contributed by atoms with Gasteiger partial charge < -0.3 is 14.8 Å². The van der Waals surface area contributed by atoms with E-state index < -0.39 is 27.8 Å². The highest BCUT2D eigenvalue weighted by Crippen LogP contribution is 2.31. The van der Waals surface area contributed by atoms with E-state index >= 15 is 0 Å². The molecule has 158 valence electrons. The number of ether oxygens (including phenoxy) is 2. The van der Waals surface area contributed by atoms with Crippen LogP contribution in [0.4, 0.5) is 15.8 Å². The number of benzene rings is 2. The molecule has 2 rings (SSSR count). The predicted octanol–water partition coefficient (Wildman–Crippen LogP) is 3.68. The molecule has 2 aromatic rings. The lowest BCUT2D eigenvalue weighted by Crippen LogP contribution is -2.47. The third kappa shape index (κ3) is 5.30. The molecule has 0 saturated heterocycles. The second-order valence-electron chi connectivity index (χ2n) is 6.14. The van der Waals surface area contributed by atoms with Gasteiger partial charge in [0, 0.05) is 6.07 Å². The second-order valence-corrected chi connectivity index (χ2v) is 8.40. The number of nitrogens with one attached hydrogen (secondary N) is 1. The van der Waals surface area contributed by atoms with Crippen LogP contribution in [0.25, 0.3) is 0 Å². The summed E-state index contributed by atoms with van der Waals surface area (Å²) >= 11 is 5.81. The van der Waals surface area contributed by atoms with Crippen molar-refractivity contribution < 1.29 is 27.1 Å². The number of rotatable bonds is 8. The molecule has 1 N–H and O–H groups in total. The van der Waals surface area contributed by atoms with Crippen LogP contribution in [0.1, 0.15) is 13.3 Å². The van der Waals surface area contributed by atoms with E-state index in [0.717, 1.165) is 16.6 Å². The lowest BCUT2D eigenvalue weighted by molar-refractivity contribution is -0.117. The van der Waals surface area contributed by atoms with E-state index in [4.69, 9.17) is 21.1 Å². The fraction of sp³-hybridized carbons (Fsp3) is 0.316. The smallest absolute Gasteiger partial charge is 0.248 e. The summed E-state index contributed by atoms with van der Waals surface area (Å²) in [6, 6.07) is 7.18. The molecule has 1 amide bonds. The lowest BCUT2D eigenvalue weighted by Gasteiger charge is -2.30. The van der Waals surface area contributed by atoms with Gasteiger partial charge in [0.2, 0.25) is 15.9 Å². The van der Waals surface area contributed by atoms with E-state index in [2.05, 4.69) is 5.32 Å². The average Bonchev–Trinajstić information content (AvgIpc) is 2.67. The number of amides is 1. The SMILES string of the molecule is CCC(C(=O)Nc1ccc(OC)cc1OC)N(c1ccc(F)c(Cl)c1)S(C)(=O)=O. The summed E-state index contributed by atoms with van der Waals surface area (Å²) in [6.07, 6.45) is 1.13. The van der Waals surface area contributed by atoms with Crippen molar-refractivity contribution in [1.82, 2.24) is 0 Å². The zero-order chi connectivity index (χ0) is 21.8. The van der Waals surface area contributed by atoms with E-state index in [1.54, 1.807) is 25.1 Å². The second kappa shape index (κ2) is 9.32. The Morgan fingerprint density at radius 2 is 1.90 bits per heavy atom. The molecule has 0 aliphatic heterocycles. The van der Waals surface area contributed by atoms with E-state index in [-0.39, 0.29) is 17.1 Å². The summed E-state index contributed by atoms with van der Waals surface area (Å²) < 4.78 is 49.8. The van der Waals surface area contributed by atoms with Crippen LogP contribution in [0.3, 0.4) is 0 Å². The van der Waals surface area contributed by atoms with Crippen molar-refractivity contribution in [2.24, 2.45) is 0 Å². The average molecular weight is 445 g/mol. The number of hydrogen-bond donors (Lipinski definition) is 1. The molecule has 1 unspecified atom stereocenters. The molecule has 0 radical (unpaired) electrons. The van der Waals surface area contributed by atoms with E-state index in [1.807, 2.05) is 0 Å². The van der Waals surface area contributed by atoms with Gasteiger partial charge in [0.15, 0.2) is 0 Å². The quantitative estimate of drug-likeness (QED) is 0.671. The van der Waals surface area contributed by atoms with Crippen molar-refractivity contribution in [2.45, 2.75) is 19.4 Å². The number of halogens is 2. The Kier molecular flexibility index (Phi) is 7.32. The third-order valence-corrected chi connectivity index (χ3v) is 5.62. The molecule has 0 fully saturated rings. The van der Waals surface area contributed by atoms with E-state index in [0.29, 0.717) is 17.2 Å². The van der Waals surface area contributed by atoms with Crippen molar-refractivity contribution >= 4 is 38.9 Å². The summed E-state index contributed by atoms with van der Waals surface area (Å²) in [7, 11) is -0.949. The Bertz CT molecular complexity index is 1000. The van der Waals surface area contributed by atoms with Gasteiger partial charge in [0.25, 0.3) is 0 Å². The first-order valence-electron chi connectivity index (χ1n) is 8.59. The third-order valence-electron chi connectivity index (χ3n) is 4.15. The Labute approximate surface area is 174 Å². The van der Waals surface area contributed by atoms with Crippen LogP contribution >= 0.6 is 11.6 Å². The molecule has 10 heteroatoms. The van der Waals surface area contributed by atoms with Crippen LogP contribution < -0.4 is 19.1 Å². The number of carbonyl (C=O) groups excluding carboxylic acids is 1. The number of sulfonamides is 1. The summed E-state index contributed by atoms with van der Waals surface area (Å²) in [5.74, 6) is -0.389. The maximum Gasteiger partial charge on any atom is 0.248 e. The number of anilines is 2. The van der Waals surface area contributed by atoms with Gasteiger partial charge in [0.1, 0.15) is 23.4 Å². The Morgan fingerprint density at radius 3 is 2.41 bits per heavy atom. The molecular weight excluding hydrogens is 423 g/mol. The topological polar surface area (TPSA) is 84.9 Å². The zero-order valence-electron chi connectivity index (χ0n) is 16.4. The highest BCUT2D eigenvalue weighted by atomic mass is 35.5. The largest absolute Gasteiger partial charge is 0.497 e. The highest BCUT2D eigenvalue weighted by Gasteiger charge is 2.32. The number of methoxy groups -OCH3 is 2. The van der Waals surface area contributed by atoms with Crippen LogP contribution in [0.15, 0.2) is 36.4 Å². The normalized spacial score (nSPS) is 12.2. The van der Waals surface area contributed by atoms with Gasteiger partial charge in [-0.05, 0) is 36.8 Å². The first-order valence-corrected chi connectivity index (χ1v) is 10.8. The number of hydrogen-bond acceptors (Lipinski definition) is 5. The van der Waals surface area contributed by atoms with E-state index in [9.17, 15) is 17.6 Å². The fourth-order valence-corrected chi connectivity index (χ4v) is 4.18. The van der Waals surface area contributed by atoms with Gasteiger partial charge in [-0.15, -0.1) is 0 Å². The lowest BCUT2D eigenvalue weighted by atomic mass is 10.1. The van der Waals surface area contributed by atoms with Gasteiger partial charge in [-0.2, -0.15) is 0 Å². The minimum absolute atomic E-state index is 0.0857. The molecule has 2 aromatic carbocycles. The zero-order valence-corrected chi connectivity index (χ0v) is 18.0. The molecule has 7 nitrogen and oxygen atoms in total. The fourth-order valence-electron chi connectivity index (χ4n) is 2.80. The van der Waals surface area contributed by atoms with E-state index in [1.165, 1.54) is 26.4 Å². The van der Waals surface area contributed by atoms with Crippen LogP contribution in [0, 0.1) is 5.82 Å². The molecule has 0 aliphatic carbocycles. The molecule has 0 saturated carbocycles. The monoisotopic (exact) mass is 444 g/mol. The summed E-state index contributed by atoms with van der Waals surface area (Å²) in [5.41, 5.74) is 0.435. The Hall–Kier alpha value is -2.52. The maximum atomic E-state index is 13.5. The predicted molar refractivity (Wildman–Crippen MR) is 111 cm³/mol. The molecule has 0 spiro atoms. The standard InChI is InChI=1S/C19H22ClFN2O5S/c1-5-17(19(24)22-16-9-7-13(27-2)11-18(16)28-3)23(29(4,25)26)12-6-8-15(21)14(20)10-12/h6-11,17H,5H2,1-4H3,(H,22,24). The van der Waals surface area contributed by atoms with Crippen molar-refractivity contribution in [3.05, 3.63) is 47.2 Å². The van der Waals surface area contributed by atoms with Gasteiger partial charge in [-0.3, -0.25) is 9.10 Å². The Balaban J connectivity index is 2.42. The van der Waals surface area contributed by atoms with Crippen LogP contribution in [-0.4, -0.2) is 40.8 Å². The Morgan fingerprint density at radius 1 is 1.21 bits per heavy atom. The molecule has 0 bridgehead atoms. The first kappa shape index (κ1) is 22.8. The summed E-state index contributed by atoms with van der Waals surface area (Å²) in [4.78, 5) is 13.0. The van der Waals surface area contributed by atoms with Crippen LogP contribution in [0.2, 0.25) is 5.02 Å². The van der Waals surface area contributed by atoms with Gasteiger partial charge in [-0.25, -0.2) is 12.8 Å². The molecule has 1 atom stereocenters. The molecular formula is C19H22ClFN2O5S. The van der Waals surface area contributed by atoms with Crippen molar-refractivity contribution in [1.29, 1.82) is 0 Å². The summed E-state index contributed by atoms with van der Waals surface area (Å²) in [6.45, 7) is 1.67. The minimum Gasteiger partial charge on any atom is -0.497 e. The van der Waals surface area contributed by atoms with Gasteiger partial charge >= 0.3 is 0 Å². The number of nitrogens with zero attached hydrogens (tertiary/aromatic N) is 1. The van der Waals surface area contributed by atoms with Crippen LogP contribution in [-0.2, 0) is 14.8 Å². The van der Waals surface area contributed by atoms with Crippen molar-refractivity contribution in [2.75, 3.05) is 30.1 Å². The first-order chi connectivity index (χ1) is 13.6. The summed E-state index contributed by atoms with van der Waals surface area (Å²) in [5, 5.41) is 2.43. The van der Waals surface area contributed by atoms with Crippen molar-refractivity contribution in [3.63, 3.8) is 0 Å². The molecule has 29 heavy (non-hydrogen) atoms. The van der Waals surface area contributed by atoms with Gasteiger partial charge in [-0.1, -0.05) is 18.5 Å². The highest BCUT2D eigenvalue weighted by molar-refractivity contribution is 7.92. The van der Waals surface area contributed by atoms with Crippen molar-refractivity contribution in [3.8, 4) is 11.5 Å². The van der Waals surface area contributed by atoms with Gasteiger partial charge in [0.05, 0.1) is 36.9 Å². The molecule has 0 aliphatic rings. The number of carbonyl (C=O) groups is 1. The molecule has 0 heterocycles. The minimum atomic E-state index is -3.88. The molecule has 0 aromatic heterocycles. The maximum absolute atomic E-state index is 13.5.